The van der Waals surface area contributed by atoms with Gasteiger partial charge in [0.05, 0.1) is 37.5 Å². The first kappa shape index (κ1) is 25.0. The number of piperazine rings is 1. The van der Waals surface area contributed by atoms with E-state index in [2.05, 4.69) is 37.0 Å². The lowest BCUT2D eigenvalue weighted by Crippen LogP contribution is -2.51. The minimum absolute atomic E-state index is 0.0231. The van der Waals surface area contributed by atoms with E-state index < -0.39 is 0 Å². The summed E-state index contributed by atoms with van der Waals surface area (Å²) in [5, 5.41) is 24.8. The molecule has 0 spiro atoms. The lowest BCUT2D eigenvalue weighted by Gasteiger charge is -2.33. The average Bonchev–Trinajstić information content (AvgIpc) is 3.36. The lowest BCUT2D eigenvalue weighted by molar-refractivity contribution is 0.102. The molecule has 0 saturated carbocycles. The van der Waals surface area contributed by atoms with Crippen LogP contribution in [0.5, 0.6) is 5.75 Å². The van der Waals surface area contributed by atoms with Crippen LogP contribution < -0.4 is 25.6 Å². The van der Waals surface area contributed by atoms with Crippen LogP contribution in [0.1, 0.15) is 22.6 Å². The average molecular weight is 512 g/mol. The van der Waals surface area contributed by atoms with Gasteiger partial charge >= 0.3 is 0 Å². The number of carbonyl (C=O) groups excluding carboxylic acids is 1. The molecule has 194 valence electrons. The third-order valence-corrected chi connectivity index (χ3v) is 6.53. The van der Waals surface area contributed by atoms with Crippen molar-refractivity contribution in [3.63, 3.8) is 0 Å². The number of nitrogens with one attached hydrogen (secondary N) is 3. The summed E-state index contributed by atoms with van der Waals surface area (Å²) in [6.07, 6.45) is 2.12. The van der Waals surface area contributed by atoms with Crippen molar-refractivity contribution in [3.05, 3.63) is 66.1 Å². The maximum atomic E-state index is 13.5. The van der Waals surface area contributed by atoms with E-state index in [1.54, 1.807) is 30.1 Å². The molecule has 2 aromatic heterocycles. The second-order valence-corrected chi connectivity index (χ2v) is 9.04. The Bertz CT molecular complexity index is 1490. The molecule has 1 amide bonds. The number of rotatable bonds is 8. The zero-order chi connectivity index (χ0) is 26.5. The summed E-state index contributed by atoms with van der Waals surface area (Å²) < 4.78 is 7.21. The predicted octanol–water partition coefficient (Wildman–Crippen LogP) is 2.93. The predicted molar refractivity (Wildman–Crippen MR) is 145 cm³/mol. The normalized spacial score (nSPS) is 15.2. The molecule has 1 atom stereocenters. The van der Waals surface area contributed by atoms with E-state index in [4.69, 9.17) is 15.0 Å². The topological polar surface area (TPSA) is 133 Å². The van der Waals surface area contributed by atoms with Gasteiger partial charge < -0.3 is 25.6 Å². The number of amides is 1. The number of benzene rings is 2. The fourth-order valence-electron chi connectivity index (χ4n) is 4.51. The largest absolute Gasteiger partial charge is 0.497 e. The molecule has 4 aromatic rings. The minimum Gasteiger partial charge on any atom is -0.497 e. The number of nitriles is 1. The summed E-state index contributed by atoms with van der Waals surface area (Å²) in [7, 11) is 3.46. The highest BCUT2D eigenvalue weighted by Crippen LogP contribution is 2.30. The van der Waals surface area contributed by atoms with E-state index in [0.717, 1.165) is 16.5 Å². The van der Waals surface area contributed by atoms with E-state index in [9.17, 15) is 4.79 Å². The Morgan fingerprint density at radius 2 is 2.11 bits per heavy atom. The minimum atomic E-state index is -0.362. The third kappa shape index (κ3) is 5.50. The van der Waals surface area contributed by atoms with E-state index in [1.165, 1.54) is 0 Å². The summed E-state index contributed by atoms with van der Waals surface area (Å²) in [5.41, 5.74) is 1.81. The molecule has 3 heterocycles. The number of nitrogens with zero attached hydrogens (tertiary/aromatic N) is 6. The highest BCUT2D eigenvalue weighted by Gasteiger charge is 2.23. The van der Waals surface area contributed by atoms with E-state index in [1.807, 2.05) is 43.4 Å². The van der Waals surface area contributed by atoms with Crippen molar-refractivity contribution in [1.82, 2.24) is 25.1 Å². The van der Waals surface area contributed by atoms with Crippen LogP contribution in [-0.4, -0.2) is 58.4 Å². The maximum Gasteiger partial charge on any atom is 0.274 e. The van der Waals surface area contributed by atoms with E-state index >= 15 is 0 Å². The number of anilines is 3. The van der Waals surface area contributed by atoms with E-state index in [0.29, 0.717) is 55.8 Å². The zero-order valence-electron chi connectivity index (χ0n) is 21.3. The number of aromatic nitrogens is 4. The standard InChI is InChI=1S/C27H29N9O2/c1-35-20(8-10-31-35)16-30-27-33-24(15-25(34-27)36-12-11-29-19(17-36)7-9-28)26(37)32-23-14-21(38-2)13-18-5-3-4-6-22(18)23/h3-6,8,10,13-15,19,29H,7,11-12,16-17H2,1-2H3,(H,32,37)(H,30,33,34)/t19-/m0/s1. The van der Waals surface area contributed by atoms with Gasteiger partial charge in [0, 0.05) is 56.4 Å². The van der Waals surface area contributed by atoms with Crippen LogP contribution >= 0.6 is 0 Å². The van der Waals surface area contributed by atoms with Crippen LogP contribution in [-0.2, 0) is 13.6 Å². The number of hydrogen-bond acceptors (Lipinski definition) is 9. The van der Waals surface area contributed by atoms with Gasteiger partial charge in [-0.2, -0.15) is 15.3 Å². The fraction of sp³-hybridized carbons (Fsp3) is 0.296. The molecule has 0 radical (unpaired) electrons. The zero-order valence-corrected chi connectivity index (χ0v) is 21.3. The van der Waals surface area contributed by atoms with Crippen molar-refractivity contribution in [2.45, 2.75) is 19.0 Å². The number of hydrogen-bond donors (Lipinski definition) is 3. The maximum absolute atomic E-state index is 13.5. The van der Waals surface area contributed by atoms with Gasteiger partial charge in [-0.3, -0.25) is 9.48 Å². The SMILES string of the molecule is COc1cc(NC(=O)c2cc(N3CCN[C@@H](CC#N)C3)nc(NCc3ccnn3C)n2)c2ccccc2c1. The molecule has 11 nitrogen and oxygen atoms in total. The van der Waals surface area contributed by atoms with Crippen LogP contribution in [0.3, 0.4) is 0 Å². The lowest BCUT2D eigenvalue weighted by atomic mass is 10.1. The summed E-state index contributed by atoms with van der Waals surface area (Å²) in [6.45, 7) is 2.46. The molecule has 11 heteroatoms. The van der Waals surface area contributed by atoms with Crippen molar-refractivity contribution in [1.29, 1.82) is 5.26 Å². The monoisotopic (exact) mass is 511 g/mol. The Kier molecular flexibility index (Phi) is 7.33. The molecular formula is C27H29N9O2. The molecule has 0 bridgehead atoms. The van der Waals surface area contributed by atoms with Crippen molar-refractivity contribution in [3.8, 4) is 11.8 Å². The highest BCUT2D eigenvalue weighted by molar-refractivity contribution is 6.09. The molecule has 0 unspecified atom stereocenters. The number of carbonyl (C=O) groups is 1. The smallest absolute Gasteiger partial charge is 0.274 e. The molecule has 0 aliphatic carbocycles. The molecule has 1 fully saturated rings. The second kappa shape index (κ2) is 11.1. The Balaban J connectivity index is 1.46. The summed E-state index contributed by atoms with van der Waals surface area (Å²) in [6, 6.07) is 17.4. The van der Waals surface area contributed by atoms with Gasteiger partial charge in [-0.1, -0.05) is 24.3 Å². The molecule has 1 aliphatic heterocycles. The second-order valence-electron chi connectivity index (χ2n) is 9.04. The number of aryl methyl sites for hydroxylation is 1. The third-order valence-electron chi connectivity index (χ3n) is 6.53. The van der Waals surface area contributed by atoms with Crippen LogP contribution in [0.15, 0.2) is 54.7 Å². The number of ether oxygens (including phenoxy) is 1. The van der Waals surface area contributed by atoms with Crippen LogP contribution in [0.4, 0.5) is 17.5 Å². The van der Waals surface area contributed by atoms with Crippen molar-refractivity contribution >= 4 is 34.1 Å². The summed E-state index contributed by atoms with van der Waals surface area (Å²) in [5.74, 6) is 1.24. The van der Waals surface area contributed by atoms with Gasteiger partial charge in [0.1, 0.15) is 17.3 Å². The van der Waals surface area contributed by atoms with E-state index in [-0.39, 0.29) is 17.6 Å². The molecule has 38 heavy (non-hydrogen) atoms. The van der Waals surface area contributed by atoms with Gasteiger partial charge in [0.15, 0.2) is 0 Å². The molecule has 5 rings (SSSR count). The molecule has 3 N–H and O–H groups in total. The first-order chi connectivity index (χ1) is 18.5. The van der Waals surface area contributed by atoms with Crippen LogP contribution in [0.25, 0.3) is 10.8 Å². The van der Waals surface area contributed by atoms with Gasteiger partial charge in [0.2, 0.25) is 5.95 Å². The van der Waals surface area contributed by atoms with Crippen LogP contribution in [0, 0.1) is 11.3 Å². The summed E-state index contributed by atoms with van der Waals surface area (Å²) >= 11 is 0. The van der Waals surface area contributed by atoms with Gasteiger partial charge in [-0.15, -0.1) is 0 Å². The number of fused-ring (bicyclic) bond motifs is 1. The summed E-state index contributed by atoms with van der Waals surface area (Å²) in [4.78, 5) is 24.9. The van der Waals surface area contributed by atoms with Crippen molar-refractivity contribution < 1.29 is 9.53 Å². The first-order valence-corrected chi connectivity index (χ1v) is 12.4. The van der Waals surface area contributed by atoms with Crippen LogP contribution in [0.2, 0.25) is 0 Å². The molecule has 2 aromatic carbocycles. The molecule has 1 saturated heterocycles. The molecular weight excluding hydrogens is 482 g/mol. The van der Waals surface area contributed by atoms with Crippen molar-refractivity contribution in [2.75, 3.05) is 42.3 Å². The quantitative estimate of drug-likeness (QED) is 0.326. The Hall–Kier alpha value is -4.69. The first-order valence-electron chi connectivity index (χ1n) is 12.4. The molecule has 1 aliphatic rings. The fourth-order valence-corrected chi connectivity index (χ4v) is 4.51. The van der Waals surface area contributed by atoms with Gasteiger partial charge in [-0.25, -0.2) is 4.98 Å². The Labute approximate surface area is 220 Å². The van der Waals surface area contributed by atoms with Crippen molar-refractivity contribution in [2.24, 2.45) is 7.05 Å². The Morgan fingerprint density at radius 1 is 1.24 bits per heavy atom. The number of methoxy groups -OCH3 is 1. The highest BCUT2D eigenvalue weighted by atomic mass is 16.5. The van der Waals surface area contributed by atoms with Gasteiger partial charge in [0.25, 0.3) is 5.91 Å². The Morgan fingerprint density at radius 3 is 2.89 bits per heavy atom. The van der Waals surface area contributed by atoms with Gasteiger partial charge in [-0.05, 0) is 17.5 Å².